The summed E-state index contributed by atoms with van der Waals surface area (Å²) in [4.78, 5) is 20.2. The maximum atomic E-state index is 11.6. The Bertz CT molecular complexity index is 475. The van der Waals surface area contributed by atoms with Gasteiger partial charge < -0.3 is 9.64 Å². The maximum absolute atomic E-state index is 11.6. The summed E-state index contributed by atoms with van der Waals surface area (Å²) in [5.74, 6) is 1.83. The van der Waals surface area contributed by atoms with Crippen LogP contribution in [0.1, 0.15) is 30.6 Å². The van der Waals surface area contributed by atoms with Crippen molar-refractivity contribution in [3.05, 3.63) is 11.6 Å². The van der Waals surface area contributed by atoms with E-state index in [0.29, 0.717) is 18.9 Å². The summed E-state index contributed by atoms with van der Waals surface area (Å²) in [5, 5.41) is 7.02. The van der Waals surface area contributed by atoms with E-state index < -0.39 is 0 Å². The van der Waals surface area contributed by atoms with E-state index in [1.165, 1.54) is 0 Å². The minimum Gasteiger partial charge on any atom is -0.367 e. The zero-order chi connectivity index (χ0) is 13.9. The molecular formula is C13H21N5O2. The zero-order valence-corrected chi connectivity index (χ0v) is 11.8. The first-order valence-corrected chi connectivity index (χ1v) is 7.23. The summed E-state index contributed by atoms with van der Waals surface area (Å²) in [6, 6.07) is 0. The van der Waals surface area contributed by atoms with Gasteiger partial charge in [-0.25, -0.2) is 4.98 Å². The van der Waals surface area contributed by atoms with Crippen LogP contribution in [0.2, 0.25) is 0 Å². The summed E-state index contributed by atoms with van der Waals surface area (Å²) < 4.78 is 5.73. The topological polar surface area (TPSA) is 74.3 Å². The van der Waals surface area contributed by atoms with Gasteiger partial charge in [0.25, 0.3) is 0 Å². The predicted octanol–water partition coefficient (Wildman–Crippen LogP) is 0.109. The number of likely N-dealkylation sites (tertiary alicyclic amines) is 1. The Labute approximate surface area is 118 Å². The molecule has 110 valence electrons. The molecule has 0 saturated carbocycles. The van der Waals surface area contributed by atoms with E-state index in [9.17, 15) is 4.79 Å². The van der Waals surface area contributed by atoms with E-state index in [4.69, 9.17) is 4.74 Å². The SMILES string of the molecule is Cc1nc([C@H]2CN(CCN3CCCC3=O)CCO2)n[nH]1. The molecule has 2 saturated heterocycles. The van der Waals surface area contributed by atoms with Crippen LogP contribution in [0.25, 0.3) is 0 Å². The number of hydrogen-bond donors (Lipinski definition) is 1. The average Bonchev–Trinajstić information content (AvgIpc) is 3.06. The van der Waals surface area contributed by atoms with Crippen molar-refractivity contribution in [1.82, 2.24) is 25.0 Å². The second-order valence-electron chi connectivity index (χ2n) is 5.42. The highest BCUT2D eigenvalue weighted by Crippen LogP contribution is 2.19. The molecular weight excluding hydrogens is 258 g/mol. The minimum atomic E-state index is -0.0667. The second kappa shape index (κ2) is 5.88. The van der Waals surface area contributed by atoms with Crippen LogP contribution in [0.5, 0.6) is 0 Å². The van der Waals surface area contributed by atoms with Crippen LogP contribution in [-0.2, 0) is 9.53 Å². The molecule has 7 heteroatoms. The molecule has 3 rings (SSSR count). The molecule has 1 amide bonds. The van der Waals surface area contributed by atoms with Crippen LogP contribution in [0.15, 0.2) is 0 Å². The van der Waals surface area contributed by atoms with E-state index >= 15 is 0 Å². The highest BCUT2D eigenvalue weighted by atomic mass is 16.5. The van der Waals surface area contributed by atoms with Gasteiger partial charge in [0.1, 0.15) is 11.9 Å². The molecule has 20 heavy (non-hydrogen) atoms. The number of aryl methyl sites for hydroxylation is 1. The normalized spacial score (nSPS) is 24.6. The largest absolute Gasteiger partial charge is 0.367 e. The Morgan fingerprint density at radius 2 is 2.30 bits per heavy atom. The van der Waals surface area contributed by atoms with Crippen LogP contribution >= 0.6 is 0 Å². The highest BCUT2D eigenvalue weighted by molar-refractivity contribution is 5.78. The van der Waals surface area contributed by atoms with Gasteiger partial charge in [-0.05, 0) is 13.3 Å². The number of aromatic nitrogens is 3. The second-order valence-corrected chi connectivity index (χ2v) is 5.42. The number of carbonyl (C=O) groups excluding carboxylic acids is 1. The molecule has 7 nitrogen and oxygen atoms in total. The molecule has 0 spiro atoms. The molecule has 0 aromatic carbocycles. The van der Waals surface area contributed by atoms with Gasteiger partial charge in [-0.2, -0.15) is 5.10 Å². The molecule has 1 atom stereocenters. The van der Waals surface area contributed by atoms with Gasteiger partial charge in [-0.15, -0.1) is 0 Å². The average molecular weight is 279 g/mol. The van der Waals surface area contributed by atoms with Gasteiger partial charge in [-0.3, -0.25) is 14.8 Å². The summed E-state index contributed by atoms with van der Waals surface area (Å²) in [6.45, 7) is 6.89. The van der Waals surface area contributed by atoms with E-state index in [2.05, 4.69) is 20.1 Å². The third kappa shape index (κ3) is 2.99. The smallest absolute Gasteiger partial charge is 0.222 e. The van der Waals surface area contributed by atoms with E-state index in [1.54, 1.807) is 0 Å². The standard InChI is InChI=1S/C13H21N5O2/c1-10-14-13(16-15-10)11-9-17(7-8-20-11)5-6-18-4-2-3-12(18)19/h11H,2-9H2,1H3,(H,14,15,16)/t11-/m1/s1. The van der Waals surface area contributed by atoms with Gasteiger partial charge in [0, 0.05) is 39.1 Å². The van der Waals surface area contributed by atoms with Crippen LogP contribution in [-0.4, -0.2) is 70.2 Å². The van der Waals surface area contributed by atoms with Gasteiger partial charge in [0.15, 0.2) is 5.82 Å². The number of hydrogen-bond acceptors (Lipinski definition) is 5. The fourth-order valence-electron chi connectivity index (χ4n) is 2.77. The molecule has 0 bridgehead atoms. The lowest BCUT2D eigenvalue weighted by Crippen LogP contribution is -2.43. The minimum absolute atomic E-state index is 0.0667. The fourth-order valence-corrected chi connectivity index (χ4v) is 2.77. The van der Waals surface area contributed by atoms with Crippen LogP contribution in [0, 0.1) is 6.92 Å². The van der Waals surface area contributed by atoms with Crippen molar-refractivity contribution in [2.75, 3.05) is 39.3 Å². The Balaban J connectivity index is 1.51. The van der Waals surface area contributed by atoms with Crippen molar-refractivity contribution in [3.63, 3.8) is 0 Å². The molecule has 2 aliphatic rings. The first-order chi connectivity index (χ1) is 9.72. The van der Waals surface area contributed by atoms with Crippen molar-refractivity contribution in [2.45, 2.75) is 25.9 Å². The highest BCUT2D eigenvalue weighted by Gasteiger charge is 2.26. The van der Waals surface area contributed by atoms with Crippen molar-refractivity contribution >= 4 is 5.91 Å². The Morgan fingerprint density at radius 1 is 1.40 bits per heavy atom. The maximum Gasteiger partial charge on any atom is 0.222 e. The summed E-state index contributed by atoms with van der Waals surface area (Å²) in [6.07, 6.45) is 1.64. The van der Waals surface area contributed by atoms with Crippen LogP contribution in [0.4, 0.5) is 0 Å². The number of nitrogens with zero attached hydrogens (tertiary/aromatic N) is 4. The van der Waals surface area contributed by atoms with Gasteiger partial charge in [0.05, 0.1) is 6.61 Å². The molecule has 3 heterocycles. The lowest BCUT2D eigenvalue weighted by atomic mass is 10.2. The van der Waals surface area contributed by atoms with Crippen molar-refractivity contribution in [3.8, 4) is 0 Å². The lowest BCUT2D eigenvalue weighted by Gasteiger charge is -2.32. The van der Waals surface area contributed by atoms with E-state index in [-0.39, 0.29) is 6.10 Å². The van der Waals surface area contributed by atoms with E-state index in [0.717, 1.165) is 50.8 Å². The monoisotopic (exact) mass is 279 g/mol. The molecule has 0 unspecified atom stereocenters. The van der Waals surface area contributed by atoms with Gasteiger partial charge in [0.2, 0.25) is 5.91 Å². The molecule has 0 radical (unpaired) electrons. The number of amides is 1. The van der Waals surface area contributed by atoms with Crippen molar-refractivity contribution in [2.24, 2.45) is 0 Å². The molecule has 2 aliphatic heterocycles. The number of ether oxygens (including phenoxy) is 1. The number of carbonyl (C=O) groups is 1. The molecule has 0 aliphatic carbocycles. The molecule has 1 N–H and O–H groups in total. The first-order valence-electron chi connectivity index (χ1n) is 7.23. The third-order valence-electron chi connectivity index (χ3n) is 3.91. The zero-order valence-electron chi connectivity index (χ0n) is 11.8. The van der Waals surface area contributed by atoms with Crippen molar-refractivity contribution < 1.29 is 9.53 Å². The van der Waals surface area contributed by atoms with Crippen molar-refractivity contribution in [1.29, 1.82) is 0 Å². The quantitative estimate of drug-likeness (QED) is 0.846. The molecule has 2 fully saturated rings. The number of morpholine rings is 1. The summed E-state index contributed by atoms with van der Waals surface area (Å²) in [5.41, 5.74) is 0. The number of H-pyrrole nitrogens is 1. The lowest BCUT2D eigenvalue weighted by molar-refractivity contribution is -0.128. The van der Waals surface area contributed by atoms with E-state index in [1.807, 2.05) is 11.8 Å². The number of aromatic amines is 1. The number of rotatable bonds is 4. The van der Waals surface area contributed by atoms with Crippen LogP contribution in [0.3, 0.4) is 0 Å². The fraction of sp³-hybridized carbons (Fsp3) is 0.769. The first kappa shape index (κ1) is 13.5. The molecule has 1 aromatic rings. The third-order valence-corrected chi connectivity index (χ3v) is 3.91. The Hall–Kier alpha value is -1.47. The predicted molar refractivity (Wildman–Crippen MR) is 72.1 cm³/mol. The van der Waals surface area contributed by atoms with Gasteiger partial charge in [-0.1, -0.05) is 0 Å². The Kier molecular flexibility index (Phi) is 3.98. The Morgan fingerprint density at radius 3 is 3.00 bits per heavy atom. The summed E-state index contributed by atoms with van der Waals surface area (Å²) >= 11 is 0. The number of nitrogens with one attached hydrogen (secondary N) is 1. The van der Waals surface area contributed by atoms with Gasteiger partial charge >= 0.3 is 0 Å². The molecule has 1 aromatic heterocycles. The van der Waals surface area contributed by atoms with Crippen LogP contribution < -0.4 is 0 Å². The summed E-state index contributed by atoms with van der Waals surface area (Å²) in [7, 11) is 0.